The number of hydrogen-bond acceptors (Lipinski definition) is 7. The molecule has 2 aromatic rings. The molecule has 1 amide bonds. The Bertz CT molecular complexity index is 872. The summed E-state index contributed by atoms with van der Waals surface area (Å²) in [6, 6.07) is 8.03. The molecule has 4 N–H and O–H groups in total. The summed E-state index contributed by atoms with van der Waals surface area (Å²) in [6.07, 6.45) is 3.75. The van der Waals surface area contributed by atoms with Crippen LogP contribution in [0.5, 0.6) is 23.0 Å². The van der Waals surface area contributed by atoms with Crippen molar-refractivity contribution in [2.24, 2.45) is 5.73 Å². The number of nitrogens with one attached hydrogen (secondary N) is 1. The number of carbonyl (C=O) groups is 1. The Morgan fingerprint density at radius 1 is 1.03 bits per heavy atom. The van der Waals surface area contributed by atoms with Crippen LogP contribution in [0.15, 0.2) is 30.3 Å². The number of aliphatic hydroxyl groups excluding tert-OH is 1. The number of anilines is 1. The van der Waals surface area contributed by atoms with Gasteiger partial charge in [0.05, 0.1) is 40.2 Å². The topological polar surface area (TPSA) is 112 Å². The summed E-state index contributed by atoms with van der Waals surface area (Å²) in [4.78, 5) is 12.1. The second kappa shape index (κ2) is 11.1. The first kappa shape index (κ1) is 23.1. The van der Waals surface area contributed by atoms with Gasteiger partial charge in [0.1, 0.15) is 11.8 Å². The average molecular weight is 416 g/mol. The maximum absolute atomic E-state index is 12.1. The Morgan fingerprint density at radius 3 is 2.20 bits per heavy atom. The van der Waals surface area contributed by atoms with Crippen LogP contribution in [-0.2, 0) is 4.79 Å². The second-order valence-corrected chi connectivity index (χ2v) is 6.26. The molecule has 0 bridgehead atoms. The van der Waals surface area contributed by atoms with Gasteiger partial charge in [-0.15, -0.1) is 0 Å². The van der Waals surface area contributed by atoms with E-state index in [-0.39, 0.29) is 0 Å². The first-order chi connectivity index (χ1) is 14.5. The average Bonchev–Trinajstić information content (AvgIpc) is 2.77. The molecule has 0 aliphatic heterocycles. The molecule has 0 heterocycles. The van der Waals surface area contributed by atoms with Gasteiger partial charge in [-0.2, -0.15) is 0 Å². The summed E-state index contributed by atoms with van der Waals surface area (Å²) in [6.45, 7) is 1.84. The maximum atomic E-state index is 12.1. The van der Waals surface area contributed by atoms with Crippen LogP contribution >= 0.6 is 0 Å². The van der Waals surface area contributed by atoms with Crippen LogP contribution in [0.3, 0.4) is 0 Å². The highest BCUT2D eigenvalue weighted by molar-refractivity contribution is 5.96. The highest BCUT2D eigenvalue weighted by atomic mass is 16.5. The van der Waals surface area contributed by atoms with E-state index in [1.807, 2.05) is 37.3 Å². The first-order valence-electron chi connectivity index (χ1n) is 9.39. The largest absolute Gasteiger partial charge is 0.493 e. The van der Waals surface area contributed by atoms with Crippen LogP contribution in [0, 0.1) is 0 Å². The Kier molecular flexibility index (Phi) is 8.52. The molecule has 1 unspecified atom stereocenters. The lowest BCUT2D eigenvalue weighted by molar-refractivity contribution is -0.118. The fourth-order valence-electron chi connectivity index (χ4n) is 2.73. The van der Waals surface area contributed by atoms with E-state index in [1.165, 1.54) is 0 Å². The van der Waals surface area contributed by atoms with Gasteiger partial charge in [-0.25, -0.2) is 0 Å². The highest BCUT2D eigenvalue weighted by Gasteiger charge is 2.15. The molecule has 30 heavy (non-hydrogen) atoms. The minimum absolute atomic E-state index is 0.440. The molecule has 0 radical (unpaired) electrons. The summed E-state index contributed by atoms with van der Waals surface area (Å²) in [5.41, 5.74) is 7.72. The molecule has 2 rings (SSSR count). The molecule has 0 saturated carbocycles. The smallest absolute Gasteiger partial charge is 0.243 e. The van der Waals surface area contributed by atoms with Crippen molar-refractivity contribution in [3.8, 4) is 23.0 Å². The molecular weight excluding hydrogens is 388 g/mol. The van der Waals surface area contributed by atoms with Crippen LogP contribution in [0.25, 0.3) is 12.2 Å². The molecule has 2 aromatic carbocycles. The van der Waals surface area contributed by atoms with Crippen molar-refractivity contribution in [1.29, 1.82) is 0 Å². The predicted molar refractivity (Wildman–Crippen MR) is 116 cm³/mol. The lowest BCUT2D eigenvalue weighted by Crippen LogP contribution is -2.38. The number of hydrogen-bond donors (Lipinski definition) is 3. The Labute approximate surface area is 176 Å². The van der Waals surface area contributed by atoms with Gasteiger partial charge < -0.3 is 35.1 Å². The van der Waals surface area contributed by atoms with Gasteiger partial charge >= 0.3 is 0 Å². The summed E-state index contributed by atoms with van der Waals surface area (Å²) < 4.78 is 21.7. The zero-order chi connectivity index (χ0) is 22.1. The normalized spacial score (nSPS) is 11.8. The van der Waals surface area contributed by atoms with Crippen LogP contribution in [0.1, 0.15) is 18.1 Å². The quantitative estimate of drug-likeness (QED) is 0.510. The number of methoxy groups -OCH3 is 3. The van der Waals surface area contributed by atoms with E-state index in [2.05, 4.69) is 5.32 Å². The molecular formula is C22H28N2O6. The molecule has 0 aromatic heterocycles. The molecule has 162 valence electrons. The Morgan fingerprint density at radius 2 is 1.67 bits per heavy atom. The zero-order valence-corrected chi connectivity index (χ0v) is 17.6. The number of rotatable bonds is 10. The monoisotopic (exact) mass is 416 g/mol. The van der Waals surface area contributed by atoms with Crippen molar-refractivity contribution >= 4 is 23.7 Å². The van der Waals surface area contributed by atoms with Gasteiger partial charge in [0.25, 0.3) is 0 Å². The van der Waals surface area contributed by atoms with Crippen molar-refractivity contribution in [2.45, 2.75) is 13.0 Å². The summed E-state index contributed by atoms with van der Waals surface area (Å²) in [7, 11) is 4.67. The Balaban J connectivity index is 2.35. The molecule has 8 heteroatoms. The third kappa shape index (κ3) is 5.65. The minimum Gasteiger partial charge on any atom is -0.493 e. The second-order valence-electron chi connectivity index (χ2n) is 6.26. The van der Waals surface area contributed by atoms with Gasteiger partial charge in [-0.3, -0.25) is 4.79 Å². The number of aliphatic hydroxyl groups is 1. The van der Waals surface area contributed by atoms with E-state index in [0.717, 1.165) is 11.1 Å². The molecule has 0 spiro atoms. The number of carbonyl (C=O) groups excluding carboxylic acids is 1. The minimum atomic E-state index is -1.02. The fraction of sp³-hybridized carbons (Fsp3) is 0.318. The SMILES string of the molecule is CCOc1ccc(/C=C\c2cc(OC)c(OC)c(OC)c2)cc1NC(=O)C(N)CO. The Hall–Kier alpha value is -3.23. The van der Waals surface area contributed by atoms with Crippen LogP contribution in [0.4, 0.5) is 5.69 Å². The van der Waals surface area contributed by atoms with E-state index < -0.39 is 18.6 Å². The zero-order valence-electron chi connectivity index (χ0n) is 17.6. The van der Waals surface area contributed by atoms with Gasteiger partial charge in [-0.05, 0) is 42.3 Å². The van der Waals surface area contributed by atoms with E-state index in [1.54, 1.807) is 33.5 Å². The molecule has 0 fully saturated rings. The van der Waals surface area contributed by atoms with Crippen molar-refractivity contribution < 1.29 is 28.8 Å². The molecule has 0 aliphatic rings. The third-order valence-electron chi connectivity index (χ3n) is 4.25. The lowest BCUT2D eigenvalue weighted by atomic mass is 10.1. The van der Waals surface area contributed by atoms with Gasteiger partial charge in [0, 0.05) is 0 Å². The maximum Gasteiger partial charge on any atom is 0.243 e. The first-order valence-corrected chi connectivity index (χ1v) is 9.39. The molecule has 1 atom stereocenters. The van der Waals surface area contributed by atoms with Crippen LogP contribution < -0.4 is 30.0 Å². The van der Waals surface area contributed by atoms with E-state index in [0.29, 0.717) is 35.3 Å². The van der Waals surface area contributed by atoms with Gasteiger partial charge in [0.2, 0.25) is 11.7 Å². The third-order valence-corrected chi connectivity index (χ3v) is 4.25. The van der Waals surface area contributed by atoms with Crippen LogP contribution in [0.2, 0.25) is 0 Å². The van der Waals surface area contributed by atoms with Gasteiger partial charge in [-0.1, -0.05) is 18.2 Å². The predicted octanol–water partition coefficient (Wildman–Crippen LogP) is 2.54. The fourth-order valence-corrected chi connectivity index (χ4v) is 2.73. The lowest BCUT2D eigenvalue weighted by Gasteiger charge is -2.14. The molecule has 0 aliphatic carbocycles. The van der Waals surface area contributed by atoms with E-state index in [4.69, 9.17) is 29.8 Å². The van der Waals surface area contributed by atoms with E-state index in [9.17, 15) is 4.79 Å². The van der Waals surface area contributed by atoms with Crippen molar-refractivity contribution in [3.63, 3.8) is 0 Å². The van der Waals surface area contributed by atoms with Crippen molar-refractivity contribution in [1.82, 2.24) is 0 Å². The number of nitrogens with two attached hydrogens (primary N) is 1. The van der Waals surface area contributed by atoms with Crippen molar-refractivity contribution in [3.05, 3.63) is 41.5 Å². The number of amides is 1. The van der Waals surface area contributed by atoms with Crippen LogP contribution in [-0.4, -0.2) is 51.6 Å². The summed E-state index contributed by atoms with van der Waals surface area (Å²) in [5, 5.41) is 11.8. The summed E-state index contributed by atoms with van der Waals surface area (Å²) in [5.74, 6) is 1.64. The highest BCUT2D eigenvalue weighted by Crippen LogP contribution is 2.38. The van der Waals surface area contributed by atoms with E-state index >= 15 is 0 Å². The standard InChI is InChI=1S/C22H28N2O6/c1-5-30-18-9-8-14(10-17(18)24-22(26)16(23)13-25)6-7-15-11-19(27-2)21(29-4)20(12-15)28-3/h6-12,16,25H,5,13,23H2,1-4H3,(H,24,26)/b7-6-. The molecule has 0 saturated heterocycles. The van der Waals surface area contributed by atoms with Crippen molar-refractivity contribution in [2.75, 3.05) is 39.9 Å². The van der Waals surface area contributed by atoms with Gasteiger partial charge in [0.15, 0.2) is 11.5 Å². The molecule has 8 nitrogen and oxygen atoms in total. The number of benzene rings is 2. The number of ether oxygens (including phenoxy) is 4. The summed E-state index contributed by atoms with van der Waals surface area (Å²) >= 11 is 0.